The number of hydrogen-bond acceptors (Lipinski definition) is 6. The predicted octanol–water partition coefficient (Wildman–Crippen LogP) is 6.40. The quantitative estimate of drug-likeness (QED) is 0.117. The van der Waals surface area contributed by atoms with Crippen molar-refractivity contribution in [2.75, 3.05) is 6.61 Å². The summed E-state index contributed by atoms with van der Waals surface area (Å²) in [6.07, 6.45) is 0. The van der Waals surface area contributed by atoms with Crippen LogP contribution in [0, 0.1) is 17.0 Å². The molecule has 4 aromatic carbocycles. The molecule has 0 N–H and O–H groups in total. The summed E-state index contributed by atoms with van der Waals surface area (Å²) < 4.78 is 13.2. The van der Waals surface area contributed by atoms with Gasteiger partial charge in [-0.3, -0.25) is 10.1 Å². The minimum Gasteiger partial charge on any atom is -0.462 e. The Labute approximate surface area is 211 Å². The average Bonchev–Trinajstić information content (AvgIpc) is 3.21. The maximum Gasteiger partial charge on any atom is 0.343 e. The lowest BCUT2D eigenvalue weighted by atomic mass is 10.0. The van der Waals surface area contributed by atoms with Gasteiger partial charge in [0.1, 0.15) is 5.75 Å². The van der Waals surface area contributed by atoms with Crippen LogP contribution < -0.4 is 4.74 Å². The molecule has 0 radical (unpaired) electrons. The summed E-state index contributed by atoms with van der Waals surface area (Å²) in [4.78, 5) is 36.5. The average molecular weight is 495 g/mol. The zero-order chi connectivity index (χ0) is 26.1. The molecule has 0 saturated heterocycles. The second-order valence-electron chi connectivity index (χ2n) is 8.36. The van der Waals surface area contributed by atoms with E-state index in [4.69, 9.17) is 9.47 Å². The molecule has 0 aliphatic heterocycles. The van der Waals surface area contributed by atoms with Crippen molar-refractivity contribution in [3.05, 3.63) is 112 Å². The van der Waals surface area contributed by atoms with Crippen molar-refractivity contribution in [2.24, 2.45) is 0 Å². The van der Waals surface area contributed by atoms with Crippen LogP contribution in [0.2, 0.25) is 0 Å². The van der Waals surface area contributed by atoms with E-state index in [-0.39, 0.29) is 23.6 Å². The first-order valence-corrected chi connectivity index (χ1v) is 11.7. The number of para-hydroxylation sites is 1. The van der Waals surface area contributed by atoms with Gasteiger partial charge in [0.2, 0.25) is 0 Å². The first kappa shape index (κ1) is 23.7. The fourth-order valence-corrected chi connectivity index (χ4v) is 4.56. The van der Waals surface area contributed by atoms with E-state index in [1.807, 2.05) is 66.1 Å². The van der Waals surface area contributed by atoms with Crippen LogP contribution in [0.25, 0.3) is 27.4 Å². The third-order valence-corrected chi connectivity index (χ3v) is 6.18. The van der Waals surface area contributed by atoms with Crippen LogP contribution in [0.4, 0.5) is 5.69 Å². The molecule has 37 heavy (non-hydrogen) atoms. The molecule has 0 aliphatic rings. The number of fused-ring (bicyclic) bond motifs is 3. The molecular weight excluding hydrogens is 472 g/mol. The first-order valence-electron chi connectivity index (χ1n) is 11.7. The summed E-state index contributed by atoms with van der Waals surface area (Å²) >= 11 is 0. The number of carbonyl (C=O) groups excluding carboxylic acids is 2. The molecule has 0 amide bonds. The van der Waals surface area contributed by atoms with Crippen molar-refractivity contribution in [2.45, 2.75) is 13.8 Å². The summed E-state index contributed by atoms with van der Waals surface area (Å²) in [7, 11) is 0. The standard InChI is InChI=1S/C29H22N2O6/c1-3-36-29(33)26-18(2)30(20-9-5-4-6-10-20)27-23-12-8-7-11-22(23)25(17-24(26)27)37-28(32)19-13-15-21(16-14-19)31(34)35/h4-17H,3H2,1-2H3. The Bertz CT molecular complexity index is 1670. The summed E-state index contributed by atoms with van der Waals surface area (Å²) in [6.45, 7) is 3.82. The fourth-order valence-electron chi connectivity index (χ4n) is 4.56. The molecule has 0 unspecified atom stereocenters. The van der Waals surface area contributed by atoms with Crippen molar-refractivity contribution in [1.82, 2.24) is 4.57 Å². The molecule has 8 heteroatoms. The van der Waals surface area contributed by atoms with Crippen molar-refractivity contribution in [3.8, 4) is 11.4 Å². The molecule has 1 heterocycles. The van der Waals surface area contributed by atoms with Gasteiger partial charge in [-0.15, -0.1) is 0 Å². The van der Waals surface area contributed by atoms with Crippen LogP contribution in [0.1, 0.15) is 33.3 Å². The highest BCUT2D eigenvalue weighted by Gasteiger charge is 2.25. The van der Waals surface area contributed by atoms with Gasteiger partial charge in [0, 0.05) is 39.7 Å². The molecule has 0 aliphatic carbocycles. The zero-order valence-electron chi connectivity index (χ0n) is 20.1. The number of nitro benzene ring substituents is 1. The number of esters is 2. The van der Waals surface area contributed by atoms with Crippen LogP contribution in [0.3, 0.4) is 0 Å². The molecule has 1 aromatic heterocycles. The highest BCUT2D eigenvalue weighted by molar-refractivity contribution is 6.17. The van der Waals surface area contributed by atoms with Crippen molar-refractivity contribution in [1.29, 1.82) is 0 Å². The number of benzene rings is 4. The second kappa shape index (κ2) is 9.58. The van der Waals surface area contributed by atoms with E-state index in [0.717, 1.165) is 16.6 Å². The number of rotatable bonds is 6. The zero-order valence-corrected chi connectivity index (χ0v) is 20.1. The monoisotopic (exact) mass is 494 g/mol. The van der Waals surface area contributed by atoms with Gasteiger partial charge in [0.15, 0.2) is 0 Å². The summed E-state index contributed by atoms with van der Waals surface area (Å²) in [5, 5.41) is 13.0. The van der Waals surface area contributed by atoms with Crippen molar-refractivity contribution < 1.29 is 24.0 Å². The van der Waals surface area contributed by atoms with E-state index in [9.17, 15) is 19.7 Å². The molecule has 184 valence electrons. The SMILES string of the molecule is CCOC(=O)c1c(C)n(-c2ccccc2)c2c1cc(OC(=O)c1ccc([N+](=O)[O-])cc1)c1ccccc12. The largest absolute Gasteiger partial charge is 0.462 e. The molecule has 8 nitrogen and oxygen atoms in total. The number of hydrogen-bond donors (Lipinski definition) is 0. The molecule has 0 bridgehead atoms. The van der Waals surface area contributed by atoms with Gasteiger partial charge in [-0.05, 0) is 44.2 Å². The third-order valence-electron chi connectivity index (χ3n) is 6.18. The van der Waals surface area contributed by atoms with Gasteiger partial charge in [-0.25, -0.2) is 9.59 Å². The maximum absolute atomic E-state index is 13.1. The minimum absolute atomic E-state index is 0.125. The lowest BCUT2D eigenvalue weighted by molar-refractivity contribution is -0.384. The third kappa shape index (κ3) is 4.18. The number of nitrogens with zero attached hydrogens (tertiary/aromatic N) is 2. The van der Waals surface area contributed by atoms with E-state index in [0.29, 0.717) is 22.0 Å². The number of ether oxygens (including phenoxy) is 2. The number of carbonyl (C=O) groups is 2. The topological polar surface area (TPSA) is 101 Å². The van der Waals surface area contributed by atoms with Crippen molar-refractivity contribution in [3.63, 3.8) is 0 Å². The Hall–Kier alpha value is -4.98. The summed E-state index contributed by atoms with van der Waals surface area (Å²) in [6, 6.07) is 24.0. The minimum atomic E-state index is -0.670. The van der Waals surface area contributed by atoms with Crippen LogP contribution in [0.15, 0.2) is 84.9 Å². The molecule has 5 rings (SSSR count). The Kier molecular flexibility index (Phi) is 6.15. The van der Waals surface area contributed by atoms with Gasteiger partial charge >= 0.3 is 11.9 Å². The van der Waals surface area contributed by atoms with Gasteiger partial charge in [-0.1, -0.05) is 42.5 Å². The molecule has 0 fully saturated rings. The van der Waals surface area contributed by atoms with Crippen LogP contribution in [-0.4, -0.2) is 28.0 Å². The Morgan fingerprint density at radius 2 is 1.51 bits per heavy atom. The molecule has 5 aromatic rings. The second-order valence-corrected chi connectivity index (χ2v) is 8.36. The molecular formula is C29H22N2O6. The fraction of sp³-hybridized carbons (Fsp3) is 0.103. The van der Waals surface area contributed by atoms with Gasteiger partial charge < -0.3 is 14.0 Å². The first-order chi connectivity index (χ1) is 17.9. The lowest BCUT2D eigenvalue weighted by Crippen LogP contribution is -2.09. The van der Waals surface area contributed by atoms with Crippen molar-refractivity contribution >= 4 is 39.3 Å². The van der Waals surface area contributed by atoms with Crippen LogP contribution >= 0.6 is 0 Å². The summed E-state index contributed by atoms with van der Waals surface area (Å²) in [5.41, 5.74) is 2.79. The van der Waals surface area contributed by atoms with Crippen LogP contribution in [-0.2, 0) is 4.74 Å². The van der Waals surface area contributed by atoms with E-state index >= 15 is 0 Å². The van der Waals surface area contributed by atoms with Gasteiger partial charge in [-0.2, -0.15) is 0 Å². The molecule has 0 atom stereocenters. The van der Waals surface area contributed by atoms with Gasteiger partial charge in [0.05, 0.1) is 28.2 Å². The van der Waals surface area contributed by atoms with Gasteiger partial charge in [0.25, 0.3) is 5.69 Å². The number of aromatic nitrogens is 1. The smallest absolute Gasteiger partial charge is 0.343 e. The van der Waals surface area contributed by atoms with E-state index in [1.54, 1.807) is 13.0 Å². The highest BCUT2D eigenvalue weighted by Crippen LogP contribution is 2.40. The molecule has 0 saturated carbocycles. The number of non-ortho nitro benzene ring substituents is 1. The Morgan fingerprint density at radius 1 is 0.865 bits per heavy atom. The lowest BCUT2D eigenvalue weighted by Gasteiger charge is -2.13. The number of nitro groups is 1. The normalized spacial score (nSPS) is 11.0. The Balaban J connectivity index is 1.73. The maximum atomic E-state index is 13.1. The predicted molar refractivity (Wildman–Crippen MR) is 140 cm³/mol. The molecule has 0 spiro atoms. The summed E-state index contributed by atoms with van der Waals surface area (Å²) in [5.74, 6) is -0.874. The van der Waals surface area contributed by atoms with E-state index in [1.165, 1.54) is 24.3 Å². The van der Waals surface area contributed by atoms with E-state index < -0.39 is 16.9 Å². The highest BCUT2D eigenvalue weighted by atomic mass is 16.6. The Morgan fingerprint density at radius 3 is 2.16 bits per heavy atom. The van der Waals surface area contributed by atoms with E-state index in [2.05, 4.69) is 0 Å². The van der Waals surface area contributed by atoms with Crippen LogP contribution in [0.5, 0.6) is 5.75 Å².